The van der Waals surface area contributed by atoms with Gasteiger partial charge < -0.3 is 20.1 Å². The zero-order valence-corrected chi connectivity index (χ0v) is 22.7. The summed E-state index contributed by atoms with van der Waals surface area (Å²) < 4.78 is 48.7. The molecule has 0 aliphatic heterocycles. The Morgan fingerprint density at radius 2 is 1.90 bits per heavy atom. The molecule has 0 aliphatic carbocycles. The molecule has 12 heteroatoms. The molecule has 40 heavy (non-hydrogen) atoms. The number of hydrogen-bond donors (Lipinski definition) is 4. The number of pyridine rings is 1. The van der Waals surface area contributed by atoms with Crippen LogP contribution in [0.25, 0.3) is 21.8 Å². The molecule has 0 saturated carbocycles. The Labute approximate surface area is 234 Å². The van der Waals surface area contributed by atoms with E-state index < -0.39 is 32.4 Å². The van der Waals surface area contributed by atoms with E-state index in [1.54, 1.807) is 37.6 Å². The second-order valence-corrected chi connectivity index (χ2v) is 11.2. The molecule has 1 amide bonds. The van der Waals surface area contributed by atoms with Crippen LogP contribution in [-0.4, -0.2) is 43.1 Å². The standard InChI is InChI=1S/C28H24ClFN4O5S/c1-39-19-6-7-25-21(10-19)17(14-31-25)8-9-34-40(37,38)20-11-22-26(24(30)12-20)32-15-23(27(22)35)28(36)33-13-16-2-4-18(29)5-3-16/h2-7,10-12,14-15,31,34H,8-9,13H2,1H3,(H,32,35)(H,33,36). The van der Waals surface area contributed by atoms with Gasteiger partial charge in [-0.15, -0.1) is 0 Å². The Morgan fingerprint density at radius 3 is 2.65 bits per heavy atom. The van der Waals surface area contributed by atoms with Crippen molar-refractivity contribution in [1.82, 2.24) is 20.0 Å². The molecule has 0 bridgehead atoms. The lowest BCUT2D eigenvalue weighted by Gasteiger charge is -2.12. The summed E-state index contributed by atoms with van der Waals surface area (Å²) in [6.07, 6.45) is 3.19. The summed E-state index contributed by atoms with van der Waals surface area (Å²) in [5, 5.41) is 14.7. The van der Waals surface area contributed by atoms with Crippen LogP contribution in [0.4, 0.5) is 4.39 Å². The van der Waals surface area contributed by atoms with Crippen molar-refractivity contribution in [2.24, 2.45) is 0 Å². The summed E-state index contributed by atoms with van der Waals surface area (Å²) in [5.41, 5.74) is 2.03. The van der Waals surface area contributed by atoms with Crippen molar-refractivity contribution >= 4 is 49.3 Å². The van der Waals surface area contributed by atoms with Gasteiger partial charge in [-0.05, 0) is 60.0 Å². The van der Waals surface area contributed by atoms with Gasteiger partial charge in [0.15, 0.2) is 5.82 Å². The van der Waals surface area contributed by atoms with Crippen molar-refractivity contribution in [2.75, 3.05) is 13.7 Å². The Hall–Kier alpha value is -4.19. The minimum Gasteiger partial charge on any atom is -0.506 e. The minimum atomic E-state index is -4.17. The molecule has 2 aromatic heterocycles. The van der Waals surface area contributed by atoms with E-state index in [2.05, 4.69) is 20.0 Å². The molecule has 5 aromatic rings. The quantitative estimate of drug-likeness (QED) is 0.199. The zero-order chi connectivity index (χ0) is 28.4. The highest BCUT2D eigenvalue weighted by Gasteiger charge is 2.22. The maximum Gasteiger partial charge on any atom is 0.256 e. The highest BCUT2D eigenvalue weighted by molar-refractivity contribution is 7.89. The molecular weight excluding hydrogens is 559 g/mol. The number of ether oxygens (including phenoxy) is 1. The molecule has 0 aliphatic rings. The normalized spacial score (nSPS) is 11.7. The van der Waals surface area contributed by atoms with E-state index in [0.29, 0.717) is 17.2 Å². The smallest absolute Gasteiger partial charge is 0.256 e. The minimum absolute atomic E-state index is 0.0313. The van der Waals surface area contributed by atoms with E-state index in [4.69, 9.17) is 16.3 Å². The Balaban J connectivity index is 1.34. The molecule has 0 saturated heterocycles. The van der Waals surface area contributed by atoms with Gasteiger partial charge in [0.1, 0.15) is 22.6 Å². The Bertz CT molecular complexity index is 1840. The number of fused-ring (bicyclic) bond motifs is 2. The van der Waals surface area contributed by atoms with Gasteiger partial charge in [0, 0.05) is 46.8 Å². The van der Waals surface area contributed by atoms with Crippen LogP contribution in [0.2, 0.25) is 5.02 Å². The lowest BCUT2D eigenvalue weighted by molar-refractivity contribution is 0.0948. The lowest BCUT2D eigenvalue weighted by Crippen LogP contribution is -2.26. The highest BCUT2D eigenvalue weighted by atomic mass is 35.5. The molecule has 206 valence electrons. The number of carbonyl (C=O) groups excluding carboxylic acids is 1. The first-order valence-corrected chi connectivity index (χ1v) is 14.0. The number of nitrogens with zero attached hydrogens (tertiary/aromatic N) is 1. The number of aromatic hydroxyl groups is 1. The number of halogens is 2. The summed E-state index contributed by atoms with van der Waals surface area (Å²) in [7, 11) is -2.60. The summed E-state index contributed by atoms with van der Waals surface area (Å²) in [4.78, 5) is 19.4. The molecule has 5 rings (SSSR count). The molecule has 0 unspecified atom stereocenters. The first-order valence-electron chi connectivity index (χ1n) is 12.1. The van der Waals surface area contributed by atoms with Crippen molar-refractivity contribution in [3.63, 3.8) is 0 Å². The van der Waals surface area contributed by atoms with Crippen LogP contribution in [0.3, 0.4) is 0 Å². The predicted molar refractivity (Wildman–Crippen MR) is 150 cm³/mol. The lowest BCUT2D eigenvalue weighted by atomic mass is 10.1. The van der Waals surface area contributed by atoms with Crippen molar-refractivity contribution in [3.05, 3.63) is 94.5 Å². The molecule has 2 heterocycles. The molecule has 0 spiro atoms. The number of nitrogens with one attached hydrogen (secondary N) is 3. The van der Waals surface area contributed by atoms with Gasteiger partial charge in [-0.1, -0.05) is 23.7 Å². The Morgan fingerprint density at radius 1 is 1.12 bits per heavy atom. The highest BCUT2D eigenvalue weighted by Crippen LogP contribution is 2.31. The third-order valence-electron chi connectivity index (χ3n) is 6.45. The number of aromatic nitrogens is 2. The number of amides is 1. The van der Waals surface area contributed by atoms with Crippen molar-refractivity contribution < 1.29 is 27.4 Å². The van der Waals surface area contributed by atoms with Crippen LogP contribution in [0.15, 0.2) is 71.9 Å². The van der Waals surface area contributed by atoms with Gasteiger partial charge in [-0.2, -0.15) is 0 Å². The number of rotatable bonds is 9. The number of carbonyl (C=O) groups is 1. The van der Waals surface area contributed by atoms with Gasteiger partial charge in [0.2, 0.25) is 10.0 Å². The topological polar surface area (TPSA) is 133 Å². The van der Waals surface area contributed by atoms with Crippen LogP contribution in [0.1, 0.15) is 21.5 Å². The molecule has 0 radical (unpaired) electrons. The van der Waals surface area contributed by atoms with Gasteiger partial charge in [0.05, 0.1) is 12.0 Å². The molecule has 4 N–H and O–H groups in total. The number of methoxy groups -OCH3 is 1. The summed E-state index contributed by atoms with van der Waals surface area (Å²) in [6.45, 7) is 0.174. The number of hydrogen-bond acceptors (Lipinski definition) is 6. The molecule has 0 fully saturated rings. The molecule has 3 aromatic carbocycles. The number of H-pyrrole nitrogens is 1. The first kappa shape index (κ1) is 27.4. The summed E-state index contributed by atoms with van der Waals surface area (Å²) >= 11 is 5.87. The summed E-state index contributed by atoms with van der Waals surface area (Å²) in [6, 6.07) is 14.3. The van der Waals surface area contributed by atoms with E-state index in [-0.39, 0.29) is 29.6 Å². The predicted octanol–water partition coefficient (Wildman–Crippen LogP) is 4.67. The van der Waals surface area contributed by atoms with Crippen LogP contribution in [0, 0.1) is 5.82 Å². The number of sulfonamides is 1. The Kier molecular flexibility index (Phi) is 7.61. The van der Waals surface area contributed by atoms with E-state index in [9.17, 15) is 22.7 Å². The number of aromatic amines is 1. The van der Waals surface area contributed by atoms with Crippen LogP contribution in [0.5, 0.6) is 11.5 Å². The third kappa shape index (κ3) is 5.57. The van der Waals surface area contributed by atoms with Gasteiger partial charge >= 0.3 is 0 Å². The average molecular weight is 583 g/mol. The average Bonchev–Trinajstić information content (AvgIpc) is 3.35. The van der Waals surface area contributed by atoms with E-state index >= 15 is 0 Å². The summed E-state index contributed by atoms with van der Waals surface area (Å²) in [5.74, 6) is -1.52. The second kappa shape index (κ2) is 11.1. The van der Waals surface area contributed by atoms with Gasteiger partial charge in [0.25, 0.3) is 5.91 Å². The first-order chi connectivity index (χ1) is 19.2. The van der Waals surface area contributed by atoms with Gasteiger partial charge in [-0.3, -0.25) is 9.78 Å². The maximum absolute atomic E-state index is 14.9. The second-order valence-electron chi connectivity index (χ2n) is 9.00. The fraction of sp³-hybridized carbons (Fsp3) is 0.143. The molecule has 0 atom stereocenters. The molecular formula is C28H24ClFN4O5S. The largest absolute Gasteiger partial charge is 0.506 e. The fourth-order valence-corrected chi connectivity index (χ4v) is 5.51. The SMILES string of the molecule is COc1ccc2[nH]cc(CCNS(=O)(=O)c3cc(F)c4ncc(C(=O)NCc5ccc(Cl)cc5)c(O)c4c3)c2c1. The van der Waals surface area contributed by atoms with Crippen molar-refractivity contribution in [3.8, 4) is 11.5 Å². The molecule has 9 nitrogen and oxygen atoms in total. The van der Waals surface area contributed by atoms with E-state index in [1.165, 1.54) is 0 Å². The van der Waals surface area contributed by atoms with Crippen molar-refractivity contribution in [1.29, 1.82) is 0 Å². The van der Waals surface area contributed by atoms with Crippen LogP contribution in [-0.2, 0) is 23.0 Å². The third-order valence-corrected chi connectivity index (χ3v) is 8.14. The van der Waals surface area contributed by atoms with E-state index in [0.717, 1.165) is 40.4 Å². The van der Waals surface area contributed by atoms with Crippen LogP contribution >= 0.6 is 11.6 Å². The zero-order valence-electron chi connectivity index (χ0n) is 21.2. The monoisotopic (exact) mass is 582 g/mol. The van der Waals surface area contributed by atoms with Crippen molar-refractivity contribution in [2.45, 2.75) is 17.9 Å². The van der Waals surface area contributed by atoms with E-state index in [1.807, 2.05) is 18.2 Å². The number of benzene rings is 3. The van der Waals surface area contributed by atoms with Gasteiger partial charge in [-0.25, -0.2) is 17.5 Å². The fourth-order valence-electron chi connectivity index (χ4n) is 4.32. The maximum atomic E-state index is 14.9. The van der Waals surface area contributed by atoms with Crippen LogP contribution < -0.4 is 14.8 Å².